The third kappa shape index (κ3) is 4.14. The highest BCUT2D eigenvalue weighted by atomic mass is 28.3. The second-order valence-corrected chi connectivity index (χ2v) is 21.0. The van der Waals surface area contributed by atoms with E-state index >= 15 is 0 Å². The lowest BCUT2D eigenvalue weighted by Crippen LogP contribution is -2.49. The molecule has 59 heavy (non-hydrogen) atoms. The molecule has 0 saturated heterocycles. The van der Waals surface area contributed by atoms with Crippen LogP contribution in [-0.4, -0.2) is 27.6 Å². The average Bonchev–Trinajstić information content (AvgIpc) is 3.97. The minimum Gasteiger partial charge on any atom is -0.278 e. The minimum absolute atomic E-state index is 0.466. The van der Waals surface area contributed by atoms with E-state index in [2.05, 4.69) is 194 Å². The number of hydrogen-bond donors (Lipinski definition) is 0. The molecule has 10 aromatic rings. The molecular weight excluding hydrogens is 733 g/mol. The zero-order chi connectivity index (χ0) is 39.0. The van der Waals surface area contributed by atoms with Crippen molar-refractivity contribution in [3.8, 4) is 62.1 Å². The Morgan fingerprint density at radius 2 is 1.00 bits per heavy atom. The lowest BCUT2D eigenvalue weighted by atomic mass is 9.70. The van der Waals surface area contributed by atoms with Gasteiger partial charge in [0.15, 0.2) is 11.6 Å². The van der Waals surface area contributed by atoms with Crippen LogP contribution in [0.25, 0.3) is 83.9 Å². The number of hydrogen-bond acceptors (Lipinski definition) is 3. The summed E-state index contributed by atoms with van der Waals surface area (Å²) in [7, 11) is -2.15. The average molecular weight is 769 g/mol. The Morgan fingerprint density at radius 1 is 0.424 bits per heavy atom. The van der Waals surface area contributed by atoms with E-state index < -0.39 is 13.5 Å². The van der Waals surface area contributed by atoms with Crippen LogP contribution in [-0.2, 0) is 5.41 Å². The van der Waals surface area contributed by atoms with E-state index in [1.165, 1.54) is 82.3 Å². The van der Waals surface area contributed by atoms with Gasteiger partial charge in [0.05, 0.1) is 16.4 Å². The van der Waals surface area contributed by atoms with Gasteiger partial charge in [-0.05, 0) is 72.1 Å². The largest absolute Gasteiger partial charge is 0.278 e. The molecule has 3 aliphatic rings. The standard InChI is InChI=1S/C54H36N4Si/c1-59(2)47-30-15-10-22-37(47)39-32-31-38-36-21-9-14-29-46(36)58(49(38)50(39)59)53-56-51(33-17-4-3-5-18-33)55-52(57-53)41-24-16-28-45-48(41)40-23-8-13-27-44(40)54(45)42-25-11-6-19-34(42)35-20-7-12-26-43(35)54/h3-32H,1-2H3. The van der Waals surface area contributed by atoms with E-state index in [0.717, 1.165) is 16.6 Å². The molecule has 0 bridgehead atoms. The van der Waals surface area contributed by atoms with E-state index in [-0.39, 0.29) is 0 Å². The molecule has 0 fully saturated rings. The molecule has 0 radical (unpaired) electrons. The maximum absolute atomic E-state index is 5.60. The van der Waals surface area contributed by atoms with Crippen LogP contribution >= 0.6 is 0 Å². The monoisotopic (exact) mass is 768 g/mol. The molecule has 13 rings (SSSR count). The van der Waals surface area contributed by atoms with Crippen LogP contribution in [0.1, 0.15) is 22.3 Å². The Morgan fingerprint density at radius 3 is 1.76 bits per heavy atom. The van der Waals surface area contributed by atoms with E-state index in [1.54, 1.807) is 0 Å². The maximum Gasteiger partial charge on any atom is 0.238 e. The molecule has 4 nitrogen and oxygen atoms in total. The molecule has 0 atom stereocenters. The van der Waals surface area contributed by atoms with Crippen molar-refractivity contribution in [2.24, 2.45) is 0 Å². The predicted molar refractivity (Wildman–Crippen MR) is 244 cm³/mol. The quantitative estimate of drug-likeness (QED) is 0.168. The number of aromatic nitrogens is 4. The fourth-order valence-electron chi connectivity index (χ4n) is 11.2. The summed E-state index contributed by atoms with van der Waals surface area (Å²) >= 11 is 0. The summed E-state index contributed by atoms with van der Waals surface area (Å²) in [6, 6.07) is 66.4. The highest BCUT2D eigenvalue weighted by Crippen LogP contribution is 2.63. The summed E-state index contributed by atoms with van der Waals surface area (Å²) in [6.45, 7) is 4.99. The second-order valence-electron chi connectivity index (χ2n) is 16.7. The number of rotatable bonds is 3. The normalized spacial score (nSPS) is 14.5. The molecule has 276 valence electrons. The number of benzene rings is 8. The summed E-state index contributed by atoms with van der Waals surface area (Å²) in [4.78, 5) is 16.4. The van der Waals surface area contributed by atoms with Crippen LogP contribution < -0.4 is 10.4 Å². The molecule has 3 heterocycles. The highest BCUT2D eigenvalue weighted by Gasteiger charge is 2.52. The van der Waals surface area contributed by atoms with E-state index in [9.17, 15) is 0 Å². The van der Waals surface area contributed by atoms with Crippen molar-refractivity contribution >= 4 is 40.3 Å². The Labute approximate surface area is 343 Å². The summed E-state index contributed by atoms with van der Waals surface area (Å²) in [5, 5.41) is 5.34. The van der Waals surface area contributed by atoms with Gasteiger partial charge in [-0.25, -0.2) is 4.98 Å². The summed E-state index contributed by atoms with van der Waals surface area (Å²) < 4.78 is 2.35. The van der Waals surface area contributed by atoms with Gasteiger partial charge in [0.1, 0.15) is 8.07 Å². The van der Waals surface area contributed by atoms with Gasteiger partial charge in [0, 0.05) is 21.9 Å². The van der Waals surface area contributed by atoms with Gasteiger partial charge >= 0.3 is 0 Å². The van der Waals surface area contributed by atoms with E-state index in [1.807, 2.05) is 6.07 Å². The zero-order valence-corrected chi connectivity index (χ0v) is 33.6. The maximum atomic E-state index is 5.60. The van der Waals surface area contributed by atoms with Crippen molar-refractivity contribution in [1.82, 2.24) is 19.5 Å². The zero-order valence-electron chi connectivity index (χ0n) is 32.6. The molecule has 2 aliphatic carbocycles. The fourth-order valence-corrected chi connectivity index (χ4v) is 14.6. The Hall–Kier alpha value is -7.21. The summed E-state index contributed by atoms with van der Waals surface area (Å²) in [5.74, 6) is 1.94. The third-order valence-corrected chi connectivity index (χ3v) is 17.0. The van der Waals surface area contributed by atoms with Crippen LogP contribution in [0.4, 0.5) is 0 Å². The Kier molecular flexibility index (Phi) is 6.50. The van der Waals surface area contributed by atoms with Crippen molar-refractivity contribution < 1.29 is 0 Å². The second kappa shape index (κ2) is 11.7. The number of para-hydroxylation sites is 1. The van der Waals surface area contributed by atoms with Gasteiger partial charge < -0.3 is 0 Å². The third-order valence-electron chi connectivity index (χ3n) is 13.5. The van der Waals surface area contributed by atoms with E-state index in [4.69, 9.17) is 15.0 Å². The van der Waals surface area contributed by atoms with Crippen LogP contribution in [0.2, 0.25) is 13.1 Å². The lowest BCUT2D eigenvalue weighted by molar-refractivity contribution is 0.794. The van der Waals surface area contributed by atoms with E-state index in [0.29, 0.717) is 17.6 Å². The van der Waals surface area contributed by atoms with Crippen molar-refractivity contribution in [3.63, 3.8) is 0 Å². The van der Waals surface area contributed by atoms with Crippen LogP contribution in [0, 0.1) is 0 Å². The SMILES string of the molecule is C[Si]1(C)c2ccccc2-c2ccc3c4ccccc4n(-c4nc(-c5ccccc5)nc(-c5cccc6c5-c5ccccc5C65c6ccccc6-c6ccccc65)n4)c3c21. The molecule has 2 aromatic heterocycles. The first kappa shape index (κ1) is 32.8. The van der Waals surface area contributed by atoms with Crippen LogP contribution in [0.3, 0.4) is 0 Å². The van der Waals surface area contributed by atoms with Crippen molar-refractivity contribution in [2.75, 3.05) is 0 Å². The Bertz CT molecular complexity index is 3390. The van der Waals surface area contributed by atoms with Gasteiger partial charge in [-0.15, -0.1) is 0 Å². The smallest absolute Gasteiger partial charge is 0.238 e. The van der Waals surface area contributed by atoms with Gasteiger partial charge in [0.2, 0.25) is 5.95 Å². The Balaban J connectivity index is 1.14. The highest BCUT2D eigenvalue weighted by molar-refractivity contribution is 7.05. The molecule has 1 spiro atoms. The molecule has 0 saturated carbocycles. The van der Waals surface area contributed by atoms with Gasteiger partial charge in [-0.3, -0.25) is 4.57 Å². The first-order valence-electron chi connectivity index (χ1n) is 20.5. The lowest BCUT2D eigenvalue weighted by Gasteiger charge is -2.30. The summed E-state index contributed by atoms with van der Waals surface area (Å²) in [5.41, 5.74) is 16.6. The molecular formula is C54H36N4Si. The van der Waals surface area contributed by atoms with Gasteiger partial charge in [-0.2, -0.15) is 9.97 Å². The first-order valence-corrected chi connectivity index (χ1v) is 23.5. The number of nitrogens with zero attached hydrogens (tertiary/aromatic N) is 4. The molecule has 1 aliphatic heterocycles. The van der Waals surface area contributed by atoms with Crippen LogP contribution in [0.5, 0.6) is 0 Å². The first-order chi connectivity index (χ1) is 29.0. The van der Waals surface area contributed by atoms with Gasteiger partial charge in [0.25, 0.3) is 0 Å². The fraction of sp³-hybridized carbons (Fsp3) is 0.0556. The van der Waals surface area contributed by atoms with Crippen molar-refractivity contribution in [1.29, 1.82) is 0 Å². The van der Waals surface area contributed by atoms with Gasteiger partial charge in [-0.1, -0.05) is 189 Å². The molecule has 0 unspecified atom stereocenters. The topological polar surface area (TPSA) is 43.6 Å². The molecule has 5 heteroatoms. The van der Waals surface area contributed by atoms with Crippen LogP contribution in [0.15, 0.2) is 182 Å². The van der Waals surface area contributed by atoms with Crippen molar-refractivity contribution in [3.05, 3.63) is 204 Å². The molecule has 0 amide bonds. The minimum atomic E-state index is -2.15. The molecule has 8 aromatic carbocycles. The molecule has 0 N–H and O–H groups in total. The summed E-state index contributed by atoms with van der Waals surface area (Å²) in [6.07, 6.45) is 0. The number of fused-ring (bicyclic) bond motifs is 17. The predicted octanol–water partition coefficient (Wildman–Crippen LogP) is 11.4. The van der Waals surface area contributed by atoms with Crippen molar-refractivity contribution in [2.45, 2.75) is 18.5 Å².